The molecule has 0 bridgehead atoms. The molecule has 0 atom stereocenters. The molecule has 0 aromatic carbocycles. The fourth-order valence-electron chi connectivity index (χ4n) is 0.694. The fraction of sp³-hybridized carbons (Fsp3) is 0.143. The van der Waals surface area contributed by atoms with Gasteiger partial charge in [-0.1, -0.05) is 0 Å². The lowest BCUT2D eigenvalue weighted by Crippen LogP contribution is -1.93. The van der Waals surface area contributed by atoms with Gasteiger partial charge in [-0.15, -0.1) is 0 Å². The predicted molar refractivity (Wildman–Crippen MR) is 46.6 cm³/mol. The van der Waals surface area contributed by atoms with E-state index in [0.29, 0.717) is 3.70 Å². The maximum Gasteiger partial charge on any atom is 0.280 e. The van der Waals surface area contributed by atoms with Crippen LogP contribution in [0.3, 0.4) is 0 Å². The summed E-state index contributed by atoms with van der Waals surface area (Å²) in [7, 11) is 0. The Bertz CT molecular complexity index is 333. The molecule has 5 heteroatoms. The standard InChI is InChI=1S/C7H3F2IN2/c8-7(9)5-1-4(3-11)2-6(10)12-5/h1-2,7H. The van der Waals surface area contributed by atoms with E-state index in [1.165, 1.54) is 6.07 Å². The Morgan fingerprint density at radius 2 is 2.17 bits per heavy atom. The van der Waals surface area contributed by atoms with Crippen molar-refractivity contribution in [2.75, 3.05) is 0 Å². The number of hydrogen-bond donors (Lipinski definition) is 0. The summed E-state index contributed by atoms with van der Waals surface area (Å²) in [6, 6.07) is 4.33. The van der Waals surface area contributed by atoms with Gasteiger partial charge in [0.15, 0.2) is 0 Å². The molecule has 1 aromatic rings. The molecule has 0 aliphatic carbocycles. The van der Waals surface area contributed by atoms with Gasteiger partial charge in [0.2, 0.25) is 0 Å². The zero-order chi connectivity index (χ0) is 9.14. The average molecular weight is 280 g/mol. The number of nitriles is 1. The molecule has 0 saturated heterocycles. The van der Waals surface area contributed by atoms with Crippen LogP contribution in [-0.4, -0.2) is 4.98 Å². The van der Waals surface area contributed by atoms with Crippen LogP contribution in [0.4, 0.5) is 8.78 Å². The molecule has 0 amide bonds. The van der Waals surface area contributed by atoms with E-state index in [4.69, 9.17) is 5.26 Å². The molecule has 1 aromatic heterocycles. The summed E-state index contributed by atoms with van der Waals surface area (Å²) in [6.45, 7) is 0. The summed E-state index contributed by atoms with van der Waals surface area (Å²) in [5, 5.41) is 8.44. The van der Waals surface area contributed by atoms with Gasteiger partial charge in [0.25, 0.3) is 6.43 Å². The van der Waals surface area contributed by atoms with Crippen LogP contribution in [0.2, 0.25) is 0 Å². The second kappa shape index (κ2) is 3.76. The van der Waals surface area contributed by atoms with Gasteiger partial charge in [0.1, 0.15) is 9.39 Å². The Morgan fingerprint density at radius 1 is 1.50 bits per heavy atom. The molecular weight excluding hydrogens is 277 g/mol. The Morgan fingerprint density at radius 3 is 2.67 bits per heavy atom. The first kappa shape index (κ1) is 9.32. The van der Waals surface area contributed by atoms with Crippen molar-refractivity contribution in [3.05, 3.63) is 27.1 Å². The molecule has 1 heterocycles. The van der Waals surface area contributed by atoms with Gasteiger partial charge in [-0.25, -0.2) is 13.8 Å². The van der Waals surface area contributed by atoms with Crippen molar-refractivity contribution >= 4 is 22.6 Å². The predicted octanol–water partition coefficient (Wildman–Crippen LogP) is 2.50. The molecule has 2 nitrogen and oxygen atoms in total. The lowest BCUT2D eigenvalue weighted by Gasteiger charge is -1.99. The first-order valence-corrected chi connectivity index (χ1v) is 4.07. The molecule has 0 spiro atoms. The second-order valence-electron chi connectivity index (χ2n) is 2.02. The minimum absolute atomic E-state index is 0.213. The van der Waals surface area contributed by atoms with Crippen molar-refractivity contribution < 1.29 is 8.78 Å². The zero-order valence-electron chi connectivity index (χ0n) is 5.76. The van der Waals surface area contributed by atoms with Crippen LogP contribution in [-0.2, 0) is 0 Å². The highest BCUT2D eigenvalue weighted by Crippen LogP contribution is 2.18. The smallest absolute Gasteiger partial charge is 0.241 e. The fourth-order valence-corrected chi connectivity index (χ4v) is 1.31. The maximum atomic E-state index is 12.1. The molecule has 0 saturated carbocycles. The van der Waals surface area contributed by atoms with E-state index < -0.39 is 6.43 Å². The van der Waals surface area contributed by atoms with E-state index in [1.54, 1.807) is 28.7 Å². The zero-order valence-corrected chi connectivity index (χ0v) is 7.92. The first-order chi connectivity index (χ1) is 5.63. The summed E-state index contributed by atoms with van der Waals surface area (Å²) in [6.07, 6.45) is -2.62. The Kier molecular flexibility index (Phi) is 2.92. The second-order valence-corrected chi connectivity index (χ2v) is 3.12. The summed E-state index contributed by atoms with van der Waals surface area (Å²) in [5.74, 6) is 0. The van der Waals surface area contributed by atoms with Gasteiger partial charge in [-0.05, 0) is 34.7 Å². The minimum Gasteiger partial charge on any atom is -0.241 e. The van der Waals surface area contributed by atoms with Gasteiger partial charge in [0, 0.05) is 0 Å². The van der Waals surface area contributed by atoms with Crippen LogP contribution in [0.1, 0.15) is 17.7 Å². The van der Waals surface area contributed by atoms with Crippen molar-refractivity contribution in [3.8, 4) is 6.07 Å². The van der Waals surface area contributed by atoms with Crippen LogP contribution in [0.15, 0.2) is 12.1 Å². The summed E-state index contributed by atoms with van der Waals surface area (Å²) in [5.41, 5.74) is -0.136. The van der Waals surface area contributed by atoms with Gasteiger partial charge in [-0.2, -0.15) is 5.26 Å². The van der Waals surface area contributed by atoms with Crippen LogP contribution in [0, 0.1) is 15.0 Å². The number of aromatic nitrogens is 1. The van der Waals surface area contributed by atoms with E-state index >= 15 is 0 Å². The third-order valence-electron chi connectivity index (χ3n) is 1.17. The molecule has 12 heavy (non-hydrogen) atoms. The third kappa shape index (κ3) is 2.11. The Labute approximate surface area is 81.4 Å². The number of hydrogen-bond acceptors (Lipinski definition) is 2. The van der Waals surface area contributed by atoms with Gasteiger partial charge >= 0.3 is 0 Å². The molecule has 0 aliphatic heterocycles. The largest absolute Gasteiger partial charge is 0.280 e. The van der Waals surface area contributed by atoms with Crippen molar-refractivity contribution in [1.82, 2.24) is 4.98 Å². The summed E-state index contributed by atoms with van der Waals surface area (Å²) in [4.78, 5) is 3.57. The highest BCUT2D eigenvalue weighted by atomic mass is 127. The van der Waals surface area contributed by atoms with E-state index in [1.807, 2.05) is 0 Å². The number of rotatable bonds is 1. The lowest BCUT2D eigenvalue weighted by atomic mass is 10.2. The van der Waals surface area contributed by atoms with Crippen LogP contribution in [0.5, 0.6) is 0 Å². The molecule has 0 radical (unpaired) electrons. The van der Waals surface area contributed by atoms with E-state index in [2.05, 4.69) is 4.98 Å². The molecule has 62 valence electrons. The van der Waals surface area contributed by atoms with Gasteiger partial charge in [0.05, 0.1) is 11.6 Å². The third-order valence-corrected chi connectivity index (χ3v) is 1.72. The summed E-state index contributed by atoms with van der Waals surface area (Å²) < 4.78 is 24.6. The summed E-state index contributed by atoms with van der Waals surface area (Å²) >= 11 is 1.79. The number of halogens is 3. The highest BCUT2D eigenvalue weighted by molar-refractivity contribution is 14.1. The molecule has 0 aliphatic rings. The quantitative estimate of drug-likeness (QED) is 0.585. The molecule has 0 unspecified atom stereocenters. The van der Waals surface area contributed by atoms with E-state index in [-0.39, 0.29) is 11.3 Å². The first-order valence-electron chi connectivity index (χ1n) is 2.99. The topological polar surface area (TPSA) is 36.7 Å². The number of alkyl halides is 2. The highest BCUT2D eigenvalue weighted by Gasteiger charge is 2.10. The lowest BCUT2D eigenvalue weighted by molar-refractivity contribution is 0.146. The average Bonchev–Trinajstić information content (AvgIpc) is 2.03. The molecule has 1 rings (SSSR count). The van der Waals surface area contributed by atoms with E-state index in [0.717, 1.165) is 6.07 Å². The van der Waals surface area contributed by atoms with Crippen molar-refractivity contribution in [1.29, 1.82) is 5.26 Å². The van der Waals surface area contributed by atoms with E-state index in [9.17, 15) is 8.78 Å². The van der Waals surface area contributed by atoms with Gasteiger partial charge < -0.3 is 0 Å². The SMILES string of the molecule is N#Cc1cc(I)nc(C(F)F)c1. The van der Waals surface area contributed by atoms with Gasteiger partial charge in [-0.3, -0.25) is 0 Å². The molecule has 0 fully saturated rings. The Hall–Kier alpha value is -0.770. The van der Waals surface area contributed by atoms with Crippen molar-refractivity contribution in [3.63, 3.8) is 0 Å². The number of pyridine rings is 1. The van der Waals surface area contributed by atoms with Crippen LogP contribution in [0.25, 0.3) is 0 Å². The maximum absolute atomic E-state index is 12.1. The number of nitrogens with zero attached hydrogens (tertiary/aromatic N) is 2. The monoisotopic (exact) mass is 280 g/mol. The normalized spacial score (nSPS) is 9.92. The Balaban J connectivity index is 3.17. The van der Waals surface area contributed by atoms with Crippen molar-refractivity contribution in [2.45, 2.75) is 6.43 Å². The minimum atomic E-state index is -2.62. The van der Waals surface area contributed by atoms with Crippen molar-refractivity contribution in [2.24, 2.45) is 0 Å². The molecular formula is C7H3F2IN2. The van der Waals surface area contributed by atoms with Crippen LogP contribution >= 0.6 is 22.6 Å². The molecule has 0 N–H and O–H groups in total. The van der Waals surface area contributed by atoms with Crippen LogP contribution < -0.4 is 0 Å².